The molecule has 3 nitrogen and oxygen atoms in total. The predicted octanol–water partition coefficient (Wildman–Crippen LogP) is 4.67. The Kier molecular flexibility index (Phi) is 8.05. The van der Waals surface area contributed by atoms with Crippen LogP contribution in [0.1, 0.15) is 46.7 Å². The average Bonchev–Trinajstić information content (AvgIpc) is 2.38. The summed E-state index contributed by atoms with van der Waals surface area (Å²) in [5.41, 5.74) is 0.971. The summed E-state index contributed by atoms with van der Waals surface area (Å²) in [4.78, 5) is 7.13. The lowest BCUT2D eigenvalue weighted by Crippen LogP contribution is -2.31. The van der Waals surface area contributed by atoms with E-state index in [9.17, 15) is 0 Å². The van der Waals surface area contributed by atoms with Crippen molar-refractivity contribution in [3.63, 3.8) is 0 Å². The van der Waals surface area contributed by atoms with Crippen LogP contribution in [0.2, 0.25) is 5.02 Å². The molecule has 120 valence electrons. The highest BCUT2D eigenvalue weighted by atomic mass is 35.5. The number of aromatic nitrogens is 1. The molecule has 0 atom stereocenters. The van der Waals surface area contributed by atoms with E-state index in [0.29, 0.717) is 11.8 Å². The van der Waals surface area contributed by atoms with Crippen LogP contribution >= 0.6 is 11.6 Å². The van der Waals surface area contributed by atoms with Gasteiger partial charge in [-0.15, -0.1) is 0 Å². The smallest absolute Gasteiger partial charge is 0.126 e. The minimum Gasteiger partial charge on any atom is -0.370 e. The number of hydrogen-bond acceptors (Lipinski definition) is 3. The van der Waals surface area contributed by atoms with E-state index in [0.717, 1.165) is 49.1 Å². The van der Waals surface area contributed by atoms with Crippen LogP contribution in [0.15, 0.2) is 12.1 Å². The maximum atomic E-state index is 6.33. The van der Waals surface area contributed by atoms with Crippen molar-refractivity contribution in [3.8, 4) is 0 Å². The van der Waals surface area contributed by atoms with Crippen molar-refractivity contribution in [2.45, 2.75) is 47.6 Å². The third kappa shape index (κ3) is 7.14. The maximum Gasteiger partial charge on any atom is 0.126 e. The monoisotopic (exact) mass is 311 g/mol. The molecule has 4 heteroatoms. The lowest BCUT2D eigenvalue weighted by atomic mass is 10.1. The van der Waals surface area contributed by atoms with E-state index < -0.39 is 0 Å². The zero-order chi connectivity index (χ0) is 15.8. The van der Waals surface area contributed by atoms with Gasteiger partial charge in [0.15, 0.2) is 0 Å². The molecule has 0 saturated carbocycles. The number of halogens is 1. The molecule has 1 heterocycles. The van der Waals surface area contributed by atoms with E-state index in [-0.39, 0.29) is 0 Å². The van der Waals surface area contributed by atoms with Crippen LogP contribution in [0.3, 0.4) is 0 Å². The van der Waals surface area contributed by atoms with E-state index in [1.54, 1.807) is 0 Å². The quantitative estimate of drug-likeness (QED) is 0.718. The number of rotatable bonds is 9. The summed E-state index contributed by atoms with van der Waals surface area (Å²) in [6.45, 7) is 15.1. The normalized spacial score (nSPS) is 11.7. The van der Waals surface area contributed by atoms with Crippen molar-refractivity contribution < 1.29 is 0 Å². The van der Waals surface area contributed by atoms with Gasteiger partial charge in [-0.1, -0.05) is 46.2 Å². The molecule has 0 aliphatic rings. The Balaban J connectivity index is 2.80. The van der Waals surface area contributed by atoms with Gasteiger partial charge in [0.2, 0.25) is 0 Å². The number of hydrogen-bond donors (Lipinski definition) is 1. The van der Waals surface area contributed by atoms with Crippen LogP contribution < -0.4 is 5.32 Å². The molecule has 0 spiro atoms. The number of pyridine rings is 1. The summed E-state index contributed by atoms with van der Waals surface area (Å²) < 4.78 is 0. The molecule has 1 aromatic heterocycles. The lowest BCUT2D eigenvalue weighted by molar-refractivity contribution is 0.209. The molecule has 21 heavy (non-hydrogen) atoms. The van der Waals surface area contributed by atoms with Gasteiger partial charge in [-0.3, -0.25) is 4.90 Å². The van der Waals surface area contributed by atoms with Gasteiger partial charge in [0.05, 0.1) is 10.7 Å². The van der Waals surface area contributed by atoms with Crippen molar-refractivity contribution >= 4 is 17.4 Å². The number of nitrogens with one attached hydrogen (secondary N) is 1. The highest BCUT2D eigenvalue weighted by Crippen LogP contribution is 2.19. The van der Waals surface area contributed by atoms with Gasteiger partial charge < -0.3 is 5.32 Å². The first kappa shape index (κ1) is 18.2. The van der Waals surface area contributed by atoms with E-state index >= 15 is 0 Å². The third-order valence-electron chi connectivity index (χ3n) is 3.09. The van der Waals surface area contributed by atoms with Crippen molar-refractivity contribution in [1.82, 2.24) is 9.88 Å². The Bertz CT molecular complexity index is 408. The van der Waals surface area contributed by atoms with Gasteiger partial charge in [-0.25, -0.2) is 4.98 Å². The second-order valence-corrected chi connectivity index (χ2v) is 6.94. The minimum absolute atomic E-state index is 0.643. The topological polar surface area (TPSA) is 28.2 Å². The van der Waals surface area contributed by atoms with E-state index in [1.165, 1.54) is 0 Å². The lowest BCUT2D eigenvalue weighted by Gasteiger charge is -2.26. The zero-order valence-electron chi connectivity index (χ0n) is 14.1. The SMILES string of the molecule is CCCNc1ccc(Cl)c(CN(CC(C)C)CC(C)C)n1. The summed E-state index contributed by atoms with van der Waals surface area (Å²) in [7, 11) is 0. The van der Waals surface area contributed by atoms with Crippen LogP contribution in [0.25, 0.3) is 0 Å². The molecule has 1 N–H and O–H groups in total. The molecular weight excluding hydrogens is 282 g/mol. The summed E-state index contributed by atoms with van der Waals surface area (Å²) in [6.07, 6.45) is 1.09. The average molecular weight is 312 g/mol. The molecule has 1 aromatic rings. The Morgan fingerprint density at radius 2 is 1.76 bits per heavy atom. The standard InChI is InChI=1S/C17H30ClN3/c1-6-9-19-17-8-7-15(18)16(20-17)12-21(10-13(2)3)11-14(4)5/h7-8,13-14H,6,9-12H2,1-5H3,(H,19,20). The molecule has 0 saturated heterocycles. The van der Waals surface area contributed by atoms with Crippen molar-refractivity contribution in [2.24, 2.45) is 11.8 Å². The van der Waals surface area contributed by atoms with E-state index in [1.807, 2.05) is 12.1 Å². The summed E-state index contributed by atoms with van der Waals surface area (Å²) in [6, 6.07) is 3.90. The first-order valence-electron chi connectivity index (χ1n) is 8.04. The summed E-state index contributed by atoms with van der Waals surface area (Å²) in [5, 5.41) is 4.09. The molecular formula is C17H30ClN3. The number of nitrogens with zero attached hydrogens (tertiary/aromatic N) is 2. The highest BCUT2D eigenvalue weighted by Gasteiger charge is 2.13. The van der Waals surface area contributed by atoms with Gasteiger partial charge >= 0.3 is 0 Å². The molecule has 0 aliphatic heterocycles. The van der Waals surface area contributed by atoms with Crippen LogP contribution in [0, 0.1) is 11.8 Å². The maximum absolute atomic E-state index is 6.33. The number of anilines is 1. The van der Waals surface area contributed by atoms with Gasteiger partial charge in [-0.05, 0) is 30.4 Å². The molecule has 0 bridgehead atoms. The second-order valence-electron chi connectivity index (χ2n) is 6.53. The molecule has 1 rings (SSSR count). The van der Waals surface area contributed by atoms with E-state index in [4.69, 9.17) is 11.6 Å². The molecule has 0 aromatic carbocycles. The van der Waals surface area contributed by atoms with Crippen LogP contribution in [0.5, 0.6) is 0 Å². The van der Waals surface area contributed by atoms with E-state index in [2.05, 4.69) is 49.8 Å². The Morgan fingerprint density at radius 3 is 2.29 bits per heavy atom. The zero-order valence-corrected chi connectivity index (χ0v) is 14.9. The molecule has 0 unspecified atom stereocenters. The van der Waals surface area contributed by atoms with Crippen LogP contribution in [-0.4, -0.2) is 29.5 Å². The third-order valence-corrected chi connectivity index (χ3v) is 3.44. The van der Waals surface area contributed by atoms with Crippen molar-refractivity contribution in [2.75, 3.05) is 25.0 Å². The summed E-state index contributed by atoms with van der Waals surface area (Å²) in [5.74, 6) is 2.21. The summed E-state index contributed by atoms with van der Waals surface area (Å²) >= 11 is 6.33. The molecule has 0 fully saturated rings. The van der Waals surface area contributed by atoms with Crippen LogP contribution in [-0.2, 0) is 6.54 Å². The van der Waals surface area contributed by atoms with Gasteiger partial charge in [0.1, 0.15) is 5.82 Å². The van der Waals surface area contributed by atoms with Crippen molar-refractivity contribution in [1.29, 1.82) is 0 Å². The minimum atomic E-state index is 0.643. The highest BCUT2D eigenvalue weighted by molar-refractivity contribution is 6.31. The second kappa shape index (κ2) is 9.26. The van der Waals surface area contributed by atoms with Gasteiger partial charge in [-0.2, -0.15) is 0 Å². The first-order valence-corrected chi connectivity index (χ1v) is 8.41. The molecule has 0 aliphatic carbocycles. The Hall–Kier alpha value is -0.800. The van der Waals surface area contributed by atoms with Crippen LogP contribution in [0.4, 0.5) is 5.82 Å². The first-order chi connectivity index (χ1) is 9.92. The fourth-order valence-corrected chi connectivity index (χ4v) is 2.56. The van der Waals surface area contributed by atoms with Gasteiger partial charge in [0, 0.05) is 26.2 Å². The Labute approximate surface area is 135 Å². The largest absolute Gasteiger partial charge is 0.370 e. The van der Waals surface area contributed by atoms with Gasteiger partial charge in [0.25, 0.3) is 0 Å². The predicted molar refractivity (Wildman–Crippen MR) is 93.0 cm³/mol. The Morgan fingerprint density at radius 1 is 1.14 bits per heavy atom. The van der Waals surface area contributed by atoms with Crippen molar-refractivity contribution in [3.05, 3.63) is 22.8 Å². The fourth-order valence-electron chi connectivity index (χ4n) is 2.39. The molecule has 0 amide bonds. The molecule has 0 radical (unpaired) electrons. The fraction of sp³-hybridized carbons (Fsp3) is 0.706.